The molecule has 24 heavy (non-hydrogen) atoms. The Hall–Kier alpha value is -1.01. The maximum atomic E-state index is 5.92. The number of aromatic nitrogens is 1. The van der Waals surface area contributed by atoms with Gasteiger partial charge in [0.05, 0.1) is 5.69 Å². The van der Waals surface area contributed by atoms with Crippen LogP contribution in [0.25, 0.3) is 11.5 Å². The minimum Gasteiger partial charge on any atom is -0.441 e. The van der Waals surface area contributed by atoms with E-state index in [-0.39, 0.29) is 12.4 Å². The lowest BCUT2D eigenvalue weighted by Crippen LogP contribution is -2.53. The number of nitrogens with zero attached hydrogens (tertiary/aromatic N) is 2. The van der Waals surface area contributed by atoms with Crippen molar-refractivity contribution in [3.05, 3.63) is 35.7 Å². The summed E-state index contributed by atoms with van der Waals surface area (Å²) in [5.74, 6) is 1.65. The van der Waals surface area contributed by atoms with Crippen molar-refractivity contribution in [3.8, 4) is 11.5 Å². The third-order valence-corrected chi connectivity index (χ3v) is 5.22. The lowest BCUT2D eigenvalue weighted by Gasteiger charge is -2.37. The molecule has 1 aromatic carbocycles. The second-order valence-electron chi connectivity index (χ2n) is 6.34. The summed E-state index contributed by atoms with van der Waals surface area (Å²) in [6.07, 6.45) is 2.08. The Bertz CT molecular complexity index is 659. The zero-order valence-corrected chi connectivity index (χ0v) is 16.3. The highest BCUT2D eigenvalue weighted by Gasteiger charge is 2.24. The first kappa shape index (κ1) is 19.3. The van der Waals surface area contributed by atoms with Crippen LogP contribution in [0.15, 0.2) is 33.6 Å². The van der Waals surface area contributed by atoms with Crippen molar-refractivity contribution in [2.24, 2.45) is 0 Å². The molecule has 0 aliphatic carbocycles. The molecule has 0 radical (unpaired) electrons. The van der Waals surface area contributed by atoms with Crippen LogP contribution in [0.1, 0.15) is 25.3 Å². The van der Waals surface area contributed by atoms with Crippen LogP contribution < -0.4 is 5.32 Å². The number of hydrogen-bond acceptors (Lipinski definition) is 5. The molecular formula is C18H26ClN3OS. The second-order valence-corrected chi connectivity index (χ2v) is 7.22. The Labute approximate surface area is 154 Å². The number of hydrogen-bond donors (Lipinski definition) is 1. The van der Waals surface area contributed by atoms with Crippen molar-refractivity contribution in [2.75, 3.05) is 19.3 Å². The molecule has 1 saturated heterocycles. The van der Waals surface area contributed by atoms with E-state index in [0.717, 1.165) is 42.5 Å². The number of nitrogens with one attached hydrogen (secondary N) is 1. The number of aryl methyl sites for hydroxylation is 1. The van der Waals surface area contributed by atoms with E-state index in [9.17, 15) is 0 Å². The van der Waals surface area contributed by atoms with E-state index < -0.39 is 0 Å². The maximum absolute atomic E-state index is 5.92. The van der Waals surface area contributed by atoms with E-state index in [1.165, 1.54) is 4.90 Å². The van der Waals surface area contributed by atoms with Gasteiger partial charge in [-0.05, 0) is 51.3 Å². The molecule has 0 bridgehead atoms. The predicted octanol–water partition coefficient (Wildman–Crippen LogP) is 3.98. The summed E-state index contributed by atoms with van der Waals surface area (Å²) in [6.45, 7) is 9.43. The van der Waals surface area contributed by atoms with E-state index in [2.05, 4.69) is 54.6 Å². The van der Waals surface area contributed by atoms with Gasteiger partial charge in [-0.25, -0.2) is 4.98 Å². The molecule has 132 valence electrons. The fraction of sp³-hybridized carbons (Fsp3) is 0.500. The topological polar surface area (TPSA) is 41.3 Å². The number of rotatable bonds is 4. The molecule has 2 atom stereocenters. The number of benzene rings is 1. The van der Waals surface area contributed by atoms with Gasteiger partial charge < -0.3 is 9.73 Å². The molecule has 1 aliphatic heterocycles. The summed E-state index contributed by atoms with van der Waals surface area (Å²) < 4.78 is 5.92. The monoisotopic (exact) mass is 367 g/mol. The molecule has 1 N–H and O–H groups in total. The van der Waals surface area contributed by atoms with Crippen LogP contribution in [0.3, 0.4) is 0 Å². The highest BCUT2D eigenvalue weighted by Crippen LogP contribution is 2.25. The van der Waals surface area contributed by atoms with Gasteiger partial charge >= 0.3 is 0 Å². The van der Waals surface area contributed by atoms with Gasteiger partial charge in [-0.2, -0.15) is 0 Å². The Kier molecular flexibility index (Phi) is 6.75. The Morgan fingerprint density at radius 2 is 2.00 bits per heavy atom. The van der Waals surface area contributed by atoms with Crippen LogP contribution in [0.4, 0.5) is 0 Å². The molecule has 1 fully saturated rings. The van der Waals surface area contributed by atoms with Gasteiger partial charge in [0, 0.05) is 42.2 Å². The van der Waals surface area contributed by atoms with E-state index in [0.29, 0.717) is 12.1 Å². The van der Waals surface area contributed by atoms with Gasteiger partial charge in [-0.1, -0.05) is 0 Å². The molecule has 1 aliphatic rings. The van der Waals surface area contributed by atoms with Crippen molar-refractivity contribution in [2.45, 2.75) is 44.3 Å². The fourth-order valence-corrected chi connectivity index (χ4v) is 3.35. The summed E-state index contributed by atoms with van der Waals surface area (Å²) in [4.78, 5) is 8.48. The van der Waals surface area contributed by atoms with Crippen LogP contribution in [0, 0.1) is 6.92 Å². The lowest BCUT2D eigenvalue weighted by atomic mass is 10.1. The predicted molar refractivity (Wildman–Crippen MR) is 103 cm³/mol. The molecule has 6 heteroatoms. The van der Waals surface area contributed by atoms with Crippen LogP contribution in [-0.2, 0) is 6.54 Å². The zero-order chi connectivity index (χ0) is 16.4. The van der Waals surface area contributed by atoms with Crippen LogP contribution in [-0.4, -0.2) is 41.3 Å². The number of thioether (sulfide) groups is 1. The average Bonchev–Trinajstić information content (AvgIpc) is 2.92. The first-order chi connectivity index (χ1) is 11.1. The Morgan fingerprint density at radius 1 is 1.29 bits per heavy atom. The molecule has 1 aromatic heterocycles. The standard InChI is InChI=1S/C18H25N3OS.ClH/c1-12-10-21(13(2)9-19-12)11-17-14(3)22-18(20-17)15-5-7-16(23-4)8-6-15;/h5-8,12-13,19H,9-11H2,1-4H3;1H/t12-,13+;/m1./s1. The third-order valence-electron chi connectivity index (χ3n) is 4.48. The summed E-state index contributed by atoms with van der Waals surface area (Å²) in [7, 11) is 0. The molecule has 0 unspecified atom stereocenters. The van der Waals surface area contributed by atoms with Crippen molar-refractivity contribution < 1.29 is 4.42 Å². The van der Waals surface area contributed by atoms with E-state index in [1.807, 2.05) is 6.92 Å². The van der Waals surface area contributed by atoms with Crippen molar-refractivity contribution in [1.29, 1.82) is 0 Å². The van der Waals surface area contributed by atoms with Gasteiger partial charge in [0.1, 0.15) is 5.76 Å². The molecule has 2 aromatic rings. The zero-order valence-electron chi connectivity index (χ0n) is 14.7. The van der Waals surface area contributed by atoms with Gasteiger partial charge in [-0.15, -0.1) is 24.2 Å². The summed E-state index contributed by atoms with van der Waals surface area (Å²) in [5, 5.41) is 3.52. The van der Waals surface area contributed by atoms with E-state index >= 15 is 0 Å². The van der Waals surface area contributed by atoms with Crippen LogP contribution >= 0.6 is 24.2 Å². The molecule has 4 nitrogen and oxygen atoms in total. The van der Waals surface area contributed by atoms with Crippen molar-refractivity contribution in [1.82, 2.24) is 15.2 Å². The molecule has 3 rings (SSSR count). The lowest BCUT2D eigenvalue weighted by molar-refractivity contribution is 0.137. The minimum absolute atomic E-state index is 0. The Balaban J connectivity index is 0.00000208. The highest BCUT2D eigenvalue weighted by atomic mass is 35.5. The Morgan fingerprint density at radius 3 is 2.67 bits per heavy atom. The molecule has 2 heterocycles. The fourth-order valence-electron chi connectivity index (χ4n) is 2.94. The van der Waals surface area contributed by atoms with Crippen molar-refractivity contribution in [3.63, 3.8) is 0 Å². The molecular weight excluding hydrogens is 342 g/mol. The van der Waals surface area contributed by atoms with Crippen LogP contribution in [0.5, 0.6) is 0 Å². The highest BCUT2D eigenvalue weighted by molar-refractivity contribution is 7.98. The van der Waals surface area contributed by atoms with Gasteiger partial charge in [0.15, 0.2) is 0 Å². The molecule has 0 spiro atoms. The summed E-state index contributed by atoms with van der Waals surface area (Å²) in [5.41, 5.74) is 2.09. The van der Waals surface area contributed by atoms with E-state index in [4.69, 9.17) is 9.40 Å². The quantitative estimate of drug-likeness (QED) is 0.828. The number of piperazine rings is 1. The second kappa shape index (κ2) is 8.39. The van der Waals surface area contributed by atoms with Crippen LogP contribution in [0.2, 0.25) is 0 Å². The summed E-state index contributed by atoms with van der Waals surface area (Å²) >= 11 is 1.74. The average molecular weight is 368 g/mol. The molecule has 0 amide bonds. The number of halogens is 1. The first-order valence-corrected chi connectivity index (χ1v) is 9.37. The van der Waals surface area contributed by atoms with Gasteiger partial charge in [-0.3, -0.25) is 4.90 Å². The van der Waals surface area contributed by atoms with Gasteiger partial charge in [0.2, 0.25) is 5.89 Å². The van der Waals surface area contributed by atoms with E-state index in [1.54, 1.807) is 11.8 Å². The van der Waals surface area contributed by atoms with Gasteiger partial charge in [0.25, 0.3) is 0 Å². The number of oxazole rings is 1. The molecule has 0 saturated carbocycles. The first-order valence-electron chi connectivity index (χ1n) is 8.15. The van der Waals surface area contributed by atoms with Crippen molar-refractivity contribution >= 4 is 24.2 Å². The maximum Gasteiger partial charge on any atom is 0.226 e. The minimum atomic E-state index is 0. The SMILES string of the molecule is CSc1ccc(-c2nc(CN3C[C@@H](C)NC[C@@H]3C)c(C)o2)cc1.Cl. The third kappa shape index (κ3) is 4.33. The summed E-state index contributed by atoms with van der Waals surface area (Å²) in [6, 6.07) is 9.43. The normalized spacial score (nSPS) is 21.5. The largest absolute Gasteiger partial charge is 0.441 e. The smallest absolute Gasteiger partial charge is 0.226 e.